The summed E-state index contributed by atoms with van der Waals surface area (Å²) in [5, 5.41) is 0. The Labute approximate surface area is 107 Å². The van der Waals surface area contributed by atoms with E-state index in [2.05, 4.69) is 6.08 Å². The summed E-state index contributed by atoms with van der Waals surface area (Å²) in [5.41, 5.74) is 2.33. The molecule has 0 aromatic heterocycles. The largest absolute Gasteiger partial charge is 0.274 e. The first-order chi connectivity index (χ1) is 8.61. The van der Waals surface area contributed by atoms with Gasteiger partial charge in [-0.2, -0.15) is 0 Å². The average Bonchev–Trinajstić information content (AvgIpc) is 2.59. The van der Waals surface area contributed by atoms with Crippen LogP contribution in [0.15, 0.2) is 35.9 Å². The number of allylic oxidation sites excluding steroid dienone is 2. The molecule has 2 amide bonds. The lowest BCUT2D eigenvalue weighted by molar-refractivity contribution is 0.0653. The van der Waals surface area contributed by atoms with Gasteiger partial charge in [0.25, 0.3) is 11.8 Å². The molecule has 3 heteroatoms. The van der Waals surface area contributed by atoms with Crippen molar-refractivity contribution in [1.82, 2.24) is 4.90 Å². The van der Waals surface area contributed by atoms with Crippen molar-refractivity contribution >= 4 is 11.8 Å². The first-order valence-corrected chi connectivity index (χ1v) is 6.20. The molecule has 1 aliphatic rings. The Hall–Kier alpha value is -1.90. The summed E-state index contributed by atoms with van der Waals surface area (Å²) in [7, 11) is 0. The molecule has 1 aromatic carbocycles. The molecule has 0 fully saturated rings. The minimum atomic E-state index is -0.159. The molecule has 3 nitrogen and oxygen atoms in total. The Morgan fingerprint density at radius 3 is 2.17 bits per heavy atom. The van der Waals surface area contributed by atoms with Crippen LogP contribution < -0.4 is 0 Å². The number of nitrogens with zero attached hydrogens (tertiary/aromatic N) is 1. The van der Waals surface area contributed by atoms with Crippen molar-refractivity contribution < 1.29 is 9.59 Å². The third-order valence-corrected chi connectivity index (χ3v) is 3.02. The minimum absolute atomic E-state index is 0.159. The fourth-order valence-electron chi connectivity index (χ4n) is 2.08. The summed E-state index contributed by atoms with van der Waals surface area (Å²) in [6.45, 7) is 4.58. The maximum absolute atomic E-state index is 12.0. The highest BCUT2D eigenvalue weighted by Crippen LogP contribution is 2.22. The Balaban J connectivity index is 2.03. The van der Waals surface area contributed by atoms with Crippen LogP contribution in [0.2, 0.25) is 0 Å². The van der Waals surface area contributed by atoms with Crippen LogP contribution in [0.4, 0.5) is 0 Å². The molecule has 0 aliphatic carbocycles. The summed E-state index contributed by atoms with van der Waals surface area (Å²) in [5.74, 6) is -0.319. The van der Waals surface area contributed by atoms with Crippen molar-refractivity contribution in [1.29, 1.82) is 0 Å². The molecule has 94 valence electrons. The van der Waals surface area contributed by atoms with Gasteiger partial charge in [-0.25, -0.2) is 0 Å². The van der Waals surface area contributed by atoms with Gasteiger partial charge in [-0.05, 0) is 38.8 Å². The molecule has 1 aliphatic heterocycles. The van der Waals surface area contributed by atoms with Crippen LogP contribution in [0.3, 0.4) is 0 Å². The van der Waals surface area contributed by atoms with Gasteiger partial charge in [-0.1, -0.05) is 23.8 Å². The van der Waals surface area contributed by atoms with E-state index in [-0.39, 0.29) is 11.8 Å². The number of unbranched alkanes of at least 4 members (excludes halogenated alkanes) is 1. The lowest BCUT2D eigenvalue weighted by Crippen LogP contribution is -2.30. The predicted molar refractivity (Wildman–Crippen MR) is 70.5 cm³/mol. The third-order valence-electron chi connectivity index (χ3n) is 3.02. The molecule has 0 spiro atoms. The second-order valence-corrected chi connectivity index (χ2v) is 4.73. The van der Waals surface area contributed by atoms with E-state index in [1.165, 1.54) is 10.5 Å². The van der Waals surface area contributed by atoms with Gasteiger partial charge in [0.1, 0.15) is 0 Å². The van der Waals surface area contributed by atoms with Crippen molar-refractivity contribution in [2.75, 3.05) is 6.54 Å². The molecule has 0 atom stereocenters. The molecular weight excluding hydrogens is 226 g/mol. The number of imide groups is 1. The minimum Gasteiger partial charge on any atom is -0.274 e. The van der Waals surface area contributed by atoms with Gasteiger partial charge in [-0.15, -0.1) is 0 Å². The second kappa shape index (κ2) is 5.17. The molecule has 1 aromatic rings. The number of benzene rings is 1. The maximum atomic E-state index is 12.0. The lowest BCUT2D eigenvalue weighted by atomic mass is 10.1. The van der Waals surface area contributed by atoms with E-state index in [1.54, 1.807) is 24.3 Å². The Morgan fingerprint density at radius 1 is 1.11 bits per heavy atom. The summed E-state index contributed by atoms with van der Waals surface area (Å²) in [6, 6.07) is 7.00. The second-order valence-electron chi connectivity index (χ2n) is 4.73. The van der Waals surface area contributed by atoms with Gasteiger partial charge in [0.05, 0.1) is 11.1 Å². The van der Waals surface area contributed by atoms with Gasteiger partial charge in [0.2, 0.25) is 0 Å². The topological polar surface area (TPSA) is 37.4 Å². The summed E-state index contributed by atoms with van der Waals surface area (Å²) >= 11 is 0. The normalized spacial score (nSPS) is 13.8. The highest BCUT2D eigenvalue weighted by Gasteiger charge is 2.34. The average molecular weight is 243 g/mol. The maximum Gasteiger partial charge on any atom is 0.261 e. The van der Waals surface area contributed by atoms with Crippen molar-refractivity contribution in [2.24, 2.45) is 0 Å². The SMILES string of the molecule is CC(C)=CCCCN1C(=O)c2ccccc2C1=O. The molecule has 0 unspecified atom stereocenters. The van der Waals surface area contributed by atoms with Crippen molar-refractivity contribution in [2.45, 2.75) is 26.7 Å². The van der Waals surface area contributed by atoms with Gasteiger partial charge >= 0.3 is 0 Å². The number of carbonyl (C=O) groups excluding carboxylic acids is 2. The van der Waals surface area contributed by atoms with Crippen molar-refractivity contribution in [3.8, 4) is 0 Å². The molecule has 18 heavy (non-hydrogen) atoms. The van der Waals surface area contributed by atoms with Crippen LogP contribution in [0.5, 0.6) is 0 Å². The summed E-state index contributed by atoms with van der Waals surface area (Å²) in [4.78, 5) is 25.4. The first kappa shape index (κ1) is 12.6. The van der Waals surface area contributed by atoms with E-state index < -0.39 is 0 Å². The molecule has 0 N–H and O–H groups in total. The Morgan fingerprint density at radius 2 is 1.67 bits per heavy atom. The van der Waals surface area contributed by atoms with Crippen molar-refractivity contribution in [3.63, 3.8) is 0 Å². The van der Waals surface area contributed by atoms with E-state index in [0.29, 0.717) is 17.7 Å². The smallest absolute Gasteiger partial charge is 0.261 e. The standard InChI is InChI=1S/C15H17NO2/c1-11(2)7-5-6-10-16-14(17)12-8-3-4-9-13(12)15(16)18/h3-4,7-9H,5-6,10H2,1-2H3. The van der Waals surface area contributed by atoms with E-state index in [4.69, 9.17) is 0 Å². The van der Waals surface area contributed by atoms with Gasteiger partial charge < -0.3 is 0 Å². The lowest BCUT2D eigenvalue weighted by Gasteiger charge is -2.12. The molecule has 2 rings (SSSR count). The summed E-state index contributed by atoms with van der Waals surface area (Å²) in [6.07, 6.45) is 3.84. The van der Waals surface area contributed by atoms with Gasteiger partial charge in [0.15, 0.2) is 0 Å². The summed E-state index contributed by atoms with van der Waals surface area (Å²) < 4.78 is 0. The Kier molecular flexibility index (Phi) is 3.60. The Bertz CT molecular complexity index is 478. The van der Waals surface area contributed by atoms with Crippen LogP contribution in [-0.2, 0) is 0 Å². The molecular formula is C15H17NO2. The van der Waals surface area contributed by atoms with E-state index in [0.717, 1.165) is 12.8 Å². The number of hydrogen-bond donors (Lipinski definition) is 0. The molecule has 0 radical (unpaired) electrons. The van der Waals surface area contributed by atoms with Crippen LogP contribution in [0, 0.1) is 0 Å². The zero-order chi connectivity index (χ0) is 13.1. The predicted octanol–water partition coefficient (Wildman–Crippen LogP) is 3.03. The first-order valence-electron chi connectivity index (χ1n) is 6.20. The van der Waals surface area contributed by atoms with Crippen LogP contribution in [0.25, 0.3) is 0 Å². The molecule has 0 saturated carbocycles. The number of rotatable bonds is 4. The number of fused-ring (bicyclic) bond motifs is 1. The number of carbonyl (C=O) groups is 2. The fraction of sp³-hybridized carbons (Fsp3) is 0.333. The zero-order valence-electron chi connectivity index (χ0n) is 10.8. The van der Waals surface area contributed by atoms with E-state index >= 15 is 0 Å². The van der Waals surface area contributed by atoms with E-state index in [1.807, 2.05) is 13.8 Å². The zero-order valence-corrected chi connectivity index (χ0v) is 10.8. The molecule has 0 bridgehead atoms. The molecule has 1 heterocycles. The number of amides is 2. The monoisotopic (exact) mass is 243 g/mol. The van der Waals surface area contributed by atoms with Gasteiger partial charge in [-0.3, -0.25) is 14.5 Å². The molecule has 0 saturated heterocycles. The van der Waals surface area contributed by atoms with Crippen molar-refractivity contribution in [3.05, 3.63) is 47.0 Å². The quantitative estimate of drug-likeness (QED) is 0.463. The number of hydrogen-bond acceptors (Lipinski definition) is 2. The fourth-order valence-corrected chi connectivity index (χ4v) is 2.08. The third kappa shape index (κ3) is 2.35. The van der Waals surface area contributed by atoms with Crippen LogP contribution in [-0.4, -0.2) is 23.3 Å². The van der Waals surface area contributed by atoms with E-state index in [9.17, 15) is 9.59 Å². The highest BCUT2D eigenvalue weighted by atomic mass is 16.2. The van der Waals surface area contributed by atoms with Gasteiger partial charge in [0, 0.05) is 6.54 Å². The van der Waals surface area contributed by atoms with Crippen LogP contribution >= 0.6 is 0 Å². The van der Waals surface area contributed by atoms with Crippen LogP contribution in [0.1, 0.15) is 47.4 Å². The highest BCUT2D eigenvalue weighted by molar-refractivity contribution is 6.21.